The molecule has 106 valence electrons. The Bertz CT molecular complexity index is 425. The summed E-state index contributed by atoms with van der Waals surface area (Å²) in [7, 11) is 0. The van der Waals surface area contributed by atoms with Crippen molar-refractivity contribution in [3.8, 4) is 0 Å². The second-order valence-corrected chi connectivity index (χ2v) is 4.90. The Kier molecular flexibility index (Phi) is 5.83. The number of nitrogens with one attached hydrogen (secondary N) is 1. The highest BCUT2D eigenvalue weighted by molar-refractivity contribution is 5.92. The lowest BCUT2D eigenvalue weighted by Crippen LogP contribution is -2.24. The summed E-state index contributed by atoms with van der Waals surface area (Å²) in [6, 6.07) is 5.99. The van der Waals surface area contributed by atoms with Gasteiger partial charge in [-0.1, -0.05) is 0 Å². The predicted octanol–water partition coefficient (Wildman–Crippen LogP) is 2.52. The topological polar surface area (TPSA) is 58.4 Å². The normalized spacial score (nSPS) is 12.1. The van der Waals surface area contributed by atoms with E-state index in [4.69, 9.17) is 5.73 Å². The zero-order chi connectivity index (χ0) is 14.4. The minimum Gasteiger partial charge on any atom is -0.372 e. The first-order chi connectivity index (χ1) is 8.97. The summed E-state index contributed by atoms with van der Waals surface area (Å²) in [6.07, 6.45) is 0.344. The highest BCUT2D eigenvalue weighted by atomic mass is 16.1. The first-order valence-electron chi connectivity index (χ1n) is 6.88. The van der Waals surface area contributed by atoms with E-state index in [0.717, 1.165) is 24.3 Å². The van der Waals surface area contributed by atoms with Crippen molar-refractivity contribution >= 4 is 17.3 Å². The van der Waals surface area contributed by atoms with Crippen LogP contribution >= 0.6 is 0 Å². The third-order valence-electron chi connectivity index (χ3n) is 3.12. The van der Waals surface area contributed by atoms with Crippen molar-refractivity contribution < 1.29 is 4.79 Å². The minimum atomic E-state index is -0.116. The number of benzene rings is 1. The Morgan fingerprint density at radius 2 is 2.00 bits per heavy atom. The summed E-state index contributed by atoms with van der Waals surface area (Å²) in [5, 5.41) is 2.91. The van der Waals surface area contributed by atoms with Gasteiger partial charge < -0.3 is 16.0 Å². The number of carbonyl (C=O) groups is 1. The van der Waals surface area contributed by atoms with Gasteiger partial charge in [-0.15, -0.1) is 0 Å². The number of nitrogens with two attached hydrogens (primary N) is 1. The molecule has 0 spiro atoms. The van der Waals surface area contributed by atoms with Gasteiger partial charge in [-0.3, -0.25) is 4.79 Å². The SMILES string of the molecule is CCN(CC)c1ccc(NC(=O)CC(C)N)c(C)c1. The molecule has 4 heteroatoms. The largest absolute Gasteiger partial charge is 0.372 e. The average Bonchev–Trinajstić information content (AvgIpc) is 2.33. The van der Waals surface area contributed by atoms with Crippen LogP contribution in [-0.4, -0.2) is 25.0 Å². The van der Waals surface area contributed by atoms with Crippen LogP contribution in [0.15, 0.2) is 18.2 Å². The van der Waals surface area contributed by atoms with Crippen molar-refractivity contribution in [3.63, 3.8) is 0 Å². The van der Waals surface area contributed by atoms with Crippen LogP contribution in [0.3, 0.4) is 0 Å². The fraction of sp³-hybridized carbons (Fsp3) is 0.533. The maximum atomic E-state index is 11.7. The van der Waals surface area contributed by atoms with E-state index in [2.05, 4.69) is 30.1 Å². The number of hydrogen-bond acceptors (Lipinski definition) is 3. The zero-order valence-electron chi connectivity index (χ0n) is 12.4. The van der Waals surface area contributed by atoms with E-state index in [0.29, 0.717) is 6.42 Å². The van der Waals surface area contributed by atoms with Gasteiger partial charge in [0.1, 0.15) is 0 Å². The molecule has 0 aliphatic rings. The van der Waals surface area contributed by atoms with Gasteiger partial charge in [0.05, 0.1) is 0 Å². The molecular weight excluding hydrogens is 238 g/mol. The lowest BCUT2D eigenvalue weighted by Gasteiger charge is -2.22. The number of anilines is 2. The number of carbonyl (C=O) groups excluding carboxylic acids is 1. The Morgan fingerprint density at radius 1 is 1.37 bits per heavy atom. The molecule has 0 aliphatic carbocycles. The van der Waals surface area contributed by atoms with Gasteiger partial charge >= 0.3 is 0 Å². The van der Waals surface area contributed by atoms with Crippen LogP contribution in [0.2, 0.25) is 0 Å². The van der Waals surface area contributed by atoms with Crippen molar-refractivity contribution in [2.24, 2.45) is 5.73 Å². The van der Waals surface area contributed by atoms with E-state index in [1.54, 1.807) is 0 Å². The maximum absolute atomic E-state index is 11.7. The van der Waals surface area contributed by atoms with Gasteiger partial charge in [0, 0.05) is 36.9 Å². The Balaban J connectivity index is 2.80. The van der Waals surface area contributed by atoms with E-state index in [9.17, 15) is 4.79 Å². The monoisotopic (exact) mass is 263 g/mol. The first-order valence-corrected chi connectivity index (χ1v) is 6.88. The first kappa shape index (κ1) is 15.5. The number of amides is 1. The summed E-state index contributed by atoms with van der Waals surface area (Å²) in [6.45, 7) is 10.1. The van der Waals surface area contributed by atoms with Gasteiger partial charge in [-0.2, -0.15) is 0 Å². The lowest BCUT2D eigenvalue weighted by molar-refractivity contribution is -0.116. The molecule has 0 aliphatic heterocycles. The number of aryl methyl sites for hydroxylation is 1. The smallest absolute Gasteiger partial charge is 0.225 e. The van der Waals surface area contributed by atoms with Crippen LogP contribution in [0.25, 0.3) is 0 Å². The summed E-state index contributed by atoms with van der Waals surface area (Å²) < 4.78 is 0. The molecule has 0 radical (unpaired) electrons. The standard InChI is InChI=1S/C15H25N3O/c1-5-18(6-2)13-7-8-14(11(3)9-13)17-15(19)10-12(4)16/h7-9,12H,5-6,10,16H2,1-4H3,(H,17,19). The van der Waals surface area contributed by atoms with Crippen molar-refractivity contribution in [1.82, 2.24) is 0 Å². The molecule has 1 amide bonds. The van der Waals surface area contributed by atoms with E-state index in [1.165, 1.54) is 5.69 Å². The Morgan fingerprint density at radius 3 is 2.47 bits per heavy atom. The molecule has 0 aromatic heterocycles. The highest BCUT2D eigenvalue weighted by Crippen LogP contribution is 2.22. The van der Waals surface area contributed by atoms with Gasteiger partial charge in [0.25, 0.3) is 0 Å². The van der Waals surface area contributed by atoms with E-state index in [1.807, 2.05) is 26.0 Å². The molecular formula is C15H25N3O. The van der Waals surface area contributed by atoms with Gasteiger partial charge in [0.15, 0.2) is 0 Å². The Labute approximate surface area is 116 Å². The highest BCUT2D eigenvalue weighted by Gasteiger charge is 2.09. The van der Waals surface area contributed by atoms with E-state index >= 15 is 0 Å². The summed E-state index contributed by atoms with van der Waals surface area (Å²) in [5.41, 5.74) is 8.74. The van der Waals surface area contributed by atoms with Crippen molar-refractivity contribution in [2.75, 3.05) is 23.3 Å². The summed E-state index contributed by atoms with van der Waals surface area (Å²) in [4.78, 5) is 14.0. The average molecular weight is 263 g/mol. The van der Waals surface area contributed by atoms with Crippen molar-refractivity contribution in [3.05, 3.63) is 23.8 Å². The molecule has 0 heterocycles. The molecule has 1 atom stereocenters. The molecule has 1 unspecified atom stereocenters. The predicted molar refractivity (Wildman–Crippen MR) is 81.6 cm³/mol. The van der Waals surface area contributed by atoms with Crippen molar-refractivity contribution in [2.45, 2.75) is 40.2 Å². The molecule has 3 N–H and O–H groups in total. The molecule has 4 nitrogen and oxygen atoms in total. The van der Waals surface area contributed by atoms with Gasteiger partial charge in [-0.25, -0.2) is 0 Å². The number of rotatable bonds is 6. The van der Waals surface area contributed by atoms with Crippen LogP contribution in [0.4, 0.5) is 11.4 Å². The van der Waals surface area contributed by atoms with Crippen LogP contribution in [0.5, 0.6) is 0 Å². The second kappa shape index (κ2) is 7.14. The fourth-order valence-electron chi connectivity index (χ4n) is 2.07. The number of hydrogen-bond donors (Lipinski definition) is 2. The molecule has 1 aromatic rings. The third kappa shape index (κ3) is 4.56. The molecule has 19 heavy (non-hydrogen) atoms. The van der Waals surface area contributed by atoms with Gasteiger partial charge in [0.2, 0.25) is 5.91 Å². The molecule has 0 bridgehead atoms. The molecule has 0 fully saturated rings. The molecule has 1 rings (SSSR count). The van der Waals surface area contributed by atoms with Crippen molar-refractivity contribution in [1.29, 1.82) is 0 Å². The molecule has 0 saturated heterocycles. The third-order valence-corrected chi connectivity index (χ3v) is 3.12. The summed E-state index contributed by atoms with van der Waals surface area (Å²) >= 11 is 0. The minimum absolute atomic E-state index is 0.0336. The lowest BCUT2D eigenvalue weighted by atomic mass is 10.1. The van der Waals surface area contributed by atoms with Crippen LogP contribution < -0.4 is 16.0 Å². The molecule has 1 aromatic carbocycles. The summed E-state index contributed by atoms with van der Waals surface area (Å²) in [5.74, 6) is -0.0336. The second-order valence-electron chi connectivity index (χ2n) is 4.90. The molecule has 0 saturated carbocycles. The van der Waals surface area contributed by atoms with Gasteiger partial charge in [-0.05, 0) is 51.5 Å². The van der Waals surface area contributed by atoms with Crippen LogP contribution in [-0.2, 0) is 4.79 Å². The maximum Gasteiger partial charge on any atom is 0.225 e. The van der Waals surface area contributed by atoms with Crippen LogP contribution in [0, 0.1) is 6.92 Å². The van der Waals surface area contributed by atoms with E-state index in [-0.39, 0.29) is 11.9 Å². The number of nitrogens with zero attached hydrogens (tertiary/aromatic N) is 1. The zero-order valence-corrected chi connectivity index (χ0v) is 12.4. The quantitative estimate of drug-likeness (QED) is 0.829. The fourth-order valence-corrected chi connectivity index (χ4v) is 2.07. The Hall–Kier alpha value is -1.55. The van der Waals surface area contributed by atoms with Crippen LogP contribution in [0.1, 0.15) is 32.8 Å². The van der Waals surface area contributed by atoms with E-state index < -0.39 is 0 Å².